The second-order valence-electron chi connectivity index (χ2n) is 8.33. The molecular formula is C37H28N6RuS2. The van der Waals surface area contributed by atoms with Crippen LogP contribution in [0, 0.1) is 87.4 Å². The Labute approximate surface area is 296 Å². The van der Waals surface area contributed by atoms with E-state index < -0.39 is 0 Å². The third kappa shape index (κ3) is 21.3. The fraction of sp³-hybridized carbons (Fsp3) is 0.135. The second kappa shape index (κ2) is 28.4. The molecule has 9 heteroatoms. The predicted molar refractivity (Wildman–Crippen MR) is 191 cm³/mol. The summed E-state index contributed by atoms with van der Waals surface area (Å²) >= 11 is 7.40. The summed E-state index contributed by atoms with van der Waals surface area (Å²) in [4.78, 5) is 17.2. The summed E-state index contributed by atoms with van der Waals surface area (Å²) in [5.74, 6) is 22.0. The molecule has 0 bridgehead atoms. The summed E-state index contributed by atoms with van der Waals surface area (Å²) in [6.45, 7) is 9.93. The van der Waals surface area contributed by atoms with Crippen molar-refractivity contribution in [1.29, 1.82) is 0 Å². The Kier molecular flexibility index (Phi) is 26.4. The quantitative estimate of drug-likeness (QED) is 0.0922. The van der Waals surface area contributed by atoms with Gasteiger partial charge >= 0.3 is 19.5 Å². The van der Waals surface area contributed by atoms with Crippen LogP contribution in [0.4, 0.5) is 0 Å². The molecule has 226 valence electrons. The first-order valence-electron chi connectivity index (χ1n) is 12.9. The monoisotopic (exact) mass is 722 g/mol. The molecule has 0 atom stereocenters. The fourth-order valence-corrected chi connectivity index (χ4v) is 2.96. The third-order valence-electron chi connectivity index (χ3n) is 4.76. The molecule has 0 unspecified atom stereocenters. The molecule has 0 saturated carbocycles. The molecule has 4 rings (SSSR count). The molecule has 0 N–H and O–H groups in total. The van der Waals surface area contributed by atoms with E-state index in [2.05, 4.69) is 125 Å². The summed E-state index contributed by atoms with van der Waals surface area (Å²) in [7, 11) is 0. The van der Waals surface area contributed by atoms with Crippen molar-refractivity contribution in [2.24, 2.45) is 0 Å². The number of terminal acetylenes is 1. The number of aromatic nitrogens is 4. The van der Waals surface area contributed by atoms with E-state index in [1.807, 2.05) is 73.3 Å². The van der Waals surface area contributed by atoms with Gasteiger partial charge in [0.05, 0.1) is 22.8 Å². The molecule has 0 aromatic carbocycles. The maximum absolute atomic E-state index is 7.13. The molecule has 0 spiro atoms. The zero-order chi connectivity index (χ0) is 33.7. The van der Waals surface area contributed by atoms with Gasteiger partial charge in [-0.3, -0.25) is 19.9 Å². The summed E-state index contributed by atoms with van der Waals surface area (Å²) in [6.07, 6.45) is 12.1. The van der Waals surface area contributed by atoms with E-state index in [4.69, 9.17) is 17.2 Å². The van der Waals surface area contributed by atoms with Crippen LogP contribution in [0.5, 0.6) is 0 Å². The van der Waals surface area contributed by atoms with Gasteiger partial charge in [0.1, 0.15) is 0 Å². The third-order valence-corrected chi connectivity index (χ3v) is 4.76. The summed E-state index contributed by atoms with van der Waals surface area (Å²) in [5.41, 5.74) is 8.58. The largest absolute Gasteiger partial charge is 2.00 e. The van der Waals surface area contributed by atoms with Gasteiger partial charge in [-0.15, -0.1) is 6.42 Å². The number of isothiocyanates is 2. The standard InChI is InChI=1S/2C12H12N2.C11H4.2CNS.Ru/c2*1-9-3-5-13-11(7-9)12-8-10(2)4-6-14-12;1-3-5-7-9-11-10-8-6-4-2;2*2-1-3;/h2*3-8H,1-2H3;1H,2H3;;;/q;;;2*-1;+2. The van der Waals surface area contributed by atoms with Crippen LogP contribution in [0.25, 0.3) is 33.6 Å². The van der Waals surface area contributed by atoms with E-state index in [9.17, 15) is 0 Å². The summed E-state index contributed by atoms with van der Waals surface area (Å²) in [5, 5.41) is 16.9. The number of aryl methyl sites for hydroxylation is 4. The normalized spacial score (nSPS) is 7.39. The minimum Gasteiger partial charge on any atom is -0.753 e. The van der Waals surface area contributed by atoms with Crippen LogP contribution in [0.1, 0.15) is 29.2 Å². The average Bonchev–Trinajstić information content (AvgIpc) is 3.02. The van der Waals surface area contributed by atoms with Crippen molar-refractivity contribution in [3.05, 3.63) is 106 Å². The van der Waals surface area contributed by atoms with Gasteiger partial charge in [-0.1, -0.05) is 30.4 Å². The molecule has 4 aromatic heterocycles. The van der Waals surface area contributed by atoms with Gasteiger partial charge in [0.2, 0.25) is 0 Å². The second-order valence-corrected chi connectivity index (χ2v) is 8.69. The molecule has 0 radical (unpaired) electrons. The molecule has 0 amide bonds. The van der Waals surface area contributed by atoms with E-state index in [1.54, 1.807) is 6.92 Å². The first kappa shape index (κ1) is 42.8. The number of hydrogen-bond acceptors (Lipinski definition) is 6. The van der Waals surface area contributed by atoms with Crippen molar-refractivity contribution in [3.8, 4) is 82.5 Å². The van der Waals surface area contributed by atoms with Crippen LogP contribution < -0.4 is 0 Å². The van der Waals surface area contributed by atoms with E-state index >= 15 is 0 Å². The van der Waals surface area contributed by atoms with E-state index in [-0.39, 0.29) is 19.5 Å². The van der Waals surface area contributed by atoms with Crippen molar-refractivity contribution in [3.63, 3.8) is 0 Å². The first-order chi connectivity index (χ1) is 21.8. The molecule has 6 nitrogen and oxygen atoms in total. The zero-order valence-electron chi connectivity index (χ0n) is 25.9. The van der Waals surface area contributed by atoms with E-state index in [0.29, 0.717) is 0 Å². The Morgan fingerprint density at radius 2 is 0.761 bits per heavy atom. The van der Waals surface area contributed by atoms with Crippen LogP contribution >= 0.6 is 24.4 Å². The summed E-state index contributed by atoms with van der Waals surface area (Å²) in [6, 6.07) is 16.1. The molecule has 4 aromatic rings. The molecule has 0 fully saturated rings. The van der Waals surface area contributed by atoms with Crippen LogP contribution in [-0.4, -0.2) is 30.3 Å². The number of rotatable bonds is 2. The van der Waals surface area contributed by atoms with E-state index in [0.717, 1.165) is 22.8 Å². The Morgan fingerprint density at radius 1 is 0.522 bits per heavy atom. The predicted octanol–water partition coefficient (Wildman–Crippen LogP) is 7.49. The molecule has 46 heavy (non-hydrogen) atoms. The Morgan fingerprint density at radius 3 is 0.978 bits per heavy atom. The topological polar surface area (TPSA) is 96.2 Å². The molecule has 0 aliphatic carbocycles. The first-order valence-corrected chi connectivity index (χ1v) is 13.7. The maximum Gasteiger partial charge on any atom is 2.00 e. The minimum absolute atomic E-state index is 0. The van der Waals surface area contributed by atoms with Gasteiger partial charge in [-0.05, 0) is 153 Å². The Hall–Kier alpha value is -5.38. The SMILES string of the molecule is C#CC#CC#CC#CC#CC.Cc1ccnc(-c2cc(C)ccn2)c1.Cc1ccnc(-c2cc(C)ccn2)c1.[N-]=C=S.[N-]=C=S.[Ru+2]. The van der Waals surface area contributed by atoms with Crippen LogP contribution in [-0.2, 0) is 19.5 Å². The van der Waals surface area contributed by atoms with Gasteiger partial charge in [-0.25, -0.2) is 0 Å². The minimum atomic E-state index is 0. The zero-order valence-corrected chi connectivity index (χ0v) is 29.2. The molecule has 4 heterocycles. The van der Waals surface area contributed by atoms with Crippen molar-refractivity contribution in [2.75, 3.05) is 0 Å². The average molecular weight is 722 g/mol. The Bertz CT molecular complexity index is 1720. The van der Waals surface area contributed by atoms with Crippen LogP contribution in [0.15, 0.2) is 73.3 Å². The number of nitrogens with zero attached hydrogens (tertiary/aromatic N) is 6. The van der Waals surface area contributed by atoms with Gasteiger partial charge in [0.25, 0.3) is 0 Å². The maximum atomic E-state index is 7.13. The molecular weight excluding hydrogens is 694 g/mol. The van der Waals surface area contributed by atoms with Gasteiger partial charge in [0.15, 0.2) is 0 Å². The Balaban J connectivity index is 0. The smallest absolute Gasteiger partial charge is 0.753 e. The van der Waals surface area contributed by atoms with Gasteiger partial charge in [-0.2, -0.15) is 10.3 Å². The van der Waals surface area contributed by atoms with E-state index in [1.165, 1.54) is 32.6 Å². The summed E-state index contributed by atoms with van der Waals surface area (Å²) < 4.78 is 0. The van der Waals surface area contributed by atoms with Crippen LogP contribution in [0.2, 0.25) is 0 Å². The molecule has 0 saturated heterocycles. The van der Waals surface area contributed by atoms with Crippen molar-refractivity contribution < 1.29 is 19.5 Å². The number of thiocarbonyl (C=S) groups is 2. The van der Waals surface area contributed by atoms with Crippen molar-refractivity contribution >= 4 is 34.8 Å². The number of pyridine rings is 4. The van der Waals surface area contributed by atoms with Crippen LogP contribution in [0.3, 0.4) is 0 Å². The van der Waals surface area contributed by atoms with Crippen molar-refractivity contribution in [1.82, 2.24) is 19.9 Å². The molecule has 0 aliphatic rings. The fourth-order valence-electron chi connectivity index (χ4n) is 2.96. The molecule has 0 aliphatic heterocycles. The van der Waals surface area contributed by atoms with Gasteiger partial charge < -0.3 is 10.8 Å². The number of hydrogen-bond donors (Lipinski definition) is 0. The van der Waals surface area contributed by atoms with Crippen molar-refractivity contribution in [2.45, 2.75) is 34.6 Å². The van der Waals surface area contributed by atoms with Gasteiger partial charge in [0, 0.05) is 24.8 Å².